The second kappa shape index (κ2) is 6.30. The molecule has 0 aliphatic carbocycles. The van der Waals surface area contributed by atoms with Crippen LogP contribution in [0.25, 0.3) is 43.8 Å². The molecule has 0 heterocycles. The van der Waals surface area contributed by atoms with E-state index in [-0.39, 0.29) is 0 Å². The molecule has 0 saturated heterocycles. The van der Waals surface area contributed by atoms with Gasteiger partial charge >= 0.3 is 0 Å². The van der Waals surface area contributed by atoms with Gasteiger partial charge < -0.3 is 5.73 Å². The molecule has 0 aliphatic heterocycles. The first-order valence-electron chi connectivity index (χ1n) is 9.16. The number of hydrogen-bond donors (Lipinski definition) is 1. The average molecular weight is 345 g/mol. The van der Waals surface area contributed by atoms with Crippen LogP contribution in [-0.2, 0) is 0 Å². The van der Waals surface area contributed by atoms with Crippen LogP contribution in [0.4, 0.5) is 5.69 Å². The van der Waals surface area contributed by atoms with Crippen molar-refractivity contribution in [2.45, 2.75) is 0 Å². The maximum Gasteiger partial charge on any atom is 0.0400 e. The van der Waals surface area contributed by atoms with Crippen molar-refractivity contribution in [3.63, 3.8) is 0 Å². The maximum absolute atomic E-state index is 6.36. The van der Waals surface area contributed by atoms with Gasteiger partial charge in [0.25, 0.3) is 0 Å². The summed E-state index contributed by atoms with van der Waals surface area (Å²) in [5.41, 5.74) is 12.1. The second-order valence-corrected chi connectivity index (χ2v) is 6.89. The third kappa shape index (κ3) is 2.74. The van der Waals surface area contributed by atoms with Crippen LogP contribution in [0.15, 0.2) is 103 Å². The highest BCUT2D eigenvalue weighted by atomic mass is 14.5. The fourth-order valence-corrected chi connectivity index (χ4v) is 3.80. The van der Waals surface area contributed by atoms with Gasteiger partial charge in [0.05, 0.1) is 0 Å². The second-order valence-electron chi connectivity index (χ2n) is 6.89. The quantitative estimate of drug-likeness (QED) is 0.273. The van der Waals surface area contributed by atoms with Crippen molar-refractivity contribution in [3.05, 3.63) is 103 Å². The number of nitrogens with two attached hydrogens (primary N) is 1. The predicted molar refractivity (Wildman–Crippen MR) is 117 cm³/mol. The van der Waals surface area contributed by atoms with Crippen molar-refractivity contribution >= 4 is 27.2 Å². The van der Waals surface area contributed by atoms with Crippen LogP contribution in [0.1, 0.15) is 0 Å². The molecule has 5 aromatic rings. The molecule has 0 atom stereocenters. The molecule has 1 heteroatoms. The third-order valence-electron chi connectivity index (χ3n) is 5.20. The van der Waals surface area contributed by atoms with Crippen molar-refractivity contribution in [1.82, 2.24) is 0 Å². The van der Waals surface area contributed by atoms with Crippen LogP contribution >= 0.6 is 0 Å². The monoisotopic (exact) mass is 345 g/mol. The van der Waals surface area contributed by atoms with E-state index < -0.39 is 0 Å². The predicted octanol–water partition coefficient (Wildman–Crippen LogP) is 6.91. The highest BCUT2D eigenvalue weighted by Crippen LogP contribution is 2.35. The van der Waals surface area contributed by atoms with Crippen LogP contribution in [0, 0.1) is 0 Å². The lowest BCUT2D eigenvalue weighted by Crippen LogP contribution is -1.90. The number of nitrogen functional groups attached to an aromatic ring is 1. The smallest absolute Gasteiger partial charge is 0.0400 e. The molecule has 0 unspecified atom stereocenters. The van der Waals surface area contributed by atoms with Crippen molar-refractivity contribution in [2.75, 3.05) is 5.73 Å². The van der Waals surface area contributed by atoms with E-state index in [1.165, 1.54) is 38.4 Å². The lowest BCUT2D eigenvalue weighted by atomic mass is 9.94. The first-order chi connectivity index (χ1) is 13.3. The molecule has 27 heavy (non-hydrogen) atoms. The Kier molecular flexibility index (Phi) is 3.65. The molecule has 0 saturated carbocycles. The summed E-state index contributed by atoms with van der Waals surface area (Å²) >= 11 is 0. The van der Waals surface area contributed by atoms with Gasteiger partial charge in [-0.05, 0) is 56.6 Å². The van der Waals surface area contributed by atoms with Crippen molar-refractivity contribution in [2.24, 2.45) is 0 Å². The molecule has 0 bridgehead atoms. The van der Waals surface area contributed by atoms with Crippen molar-refractivity contribution in [3.8, 4) is 22.3 Å². The zero-order chi connectivity index (χ0) is 18.2. The van der Waals surface area contributed by atoms with Gasteiger partial charge in [-0.2, -0.15) is 0 Å². The van der Waals surface area contributed by atoms with Gasteiger partial charge in [0.2, 0.25) is 0 Å². The summed E-state index contributed by atoms with van der Waals surface area (Å²) in [5, 5.41) is 4.71. The fraction of sp³-hybridized carbons (Fsp3) is 0. The normalized spacial score (nSPS) is 11.1. The van der Waals surface area contributed by atoms with E-state index in [9.17, 15) is 0 Å². The Balaban J connectivity index is 1.80. The summed E-state index contributed by atoms with van der Waals surface area (Å²) in [6.45, 7) is 0. The molecule has 1 nitrogen and oxygen atoms in total. The highest BCUT2D eigenvalue weighted by Gasteiger charge is 2.08. The van der Waals surface area contributed by atoms with E-state index in [0.717, 1.165) is 11.1 Å². The van der Waals surface area contributed by atoms with Gasteiger partial charge in [-0.25, -0.2) is 0 Å². The summed E-state index contributed by atoms with van der Waals surface area (Å²) in [7, 11) is 0. The van der Waals surface area contributed by atoms with Crippen LogP contribution < -0.4 is 5.73 Å². The van der Waals surface area contributed by atoms with Gasteiger partial charge in [-0.1, -0.05) is 84.9 Å². The number of anilines is 1. The number of fused-ring (bicyclic) bond motifs is 3. The number of rotatable bonds is 2. The lowest BCUT2D eigenvalue weighted by Gasteiger charge is -2.11. The van der Waals surface area contributed by atoms with E-state index in [4.69, 9.17) is 5.73 Å². The topological polar surface area (TPSA) is 26.0 Å². The van der Waals surface area contributed by atoms with Crippen LogP contribution in [0.3, 0.4) is 0 Å². The zero-order valence-corrected chi connectivity index (χ0v) is 14.9. The van der Waals surface area contributed by atoms with Crippen LogP contribution in [0.5, 0.6) is 0 Å². The van der Waals surface area contributed by atoms with E-state index in [1.54, 1.807) is 0 Å². The Labute approximate surface area is 158 Å². The third-order valence-corrected chi connectivity index (χ3v) is 5.20. The van der Waals surface area contributed by atoms with E-state index in [0.29, 0.717) is 0 Å². The molecular weight excluding hydrogens is 326 g/mol. The minimum atomic E-state index is 0.824. The van der Waals surface area contributed by atoms with E-state index in [1.807, 2.05) is 12.1 Å². The van der Waals surface area contributed by atoms with Gasteiger partial charge in [-0.15, -0.1) is 0 Å². The van der Waals surface area contributed by atoms with Crippen molar-refractivity contribution in [1.29, 1.82) is 0 Å². The molecular formula is C26H19N. The Morgan fingerprint density at radius 1 is 0.407 bits per heavy atom. The first kappa shape index (κ1) is 15.7. The first-order valence-corrected chi connectivity index (χ1v) is 9.16. The number of benzene rings is 5. The van der Waals surface area contributed by atoms with Gasteiger partial charge in [-0.3, -0.25) is 0 Å². The molecule has 0 aliphatic rings. The highest BCUT2D eigenvalue weighted by molar-refractivity contribution is 6.14. The minimum absolute atomic E-state index is 0.824. The van der Waals surface area contributed by atoms with Gasteiger partial charge in [0.15, 0.2) is 0 Å². The fourth-order valence-electron chi connectivity index (χ4n) is 3.80. The molecule has 5 rings (SSSR count). The molecule has 0 aromatic heterocycles. The van der Waals surface area contributed by atoms with Gasteiger partial charge in [0, 0.05) is 11.1 Å². The largest absolute Gasteiger partial charge is 0.398 e. The summed E-state index contributed by atoms with van der Waals surface area (Å²) in [4.78, 5) is 0. The zero-order valence-electron chi connectivity index (χ0n) is 14.9. The molecule has 5 aromatic carbocycles. The Morgan fingerprint density at radius 2 is 0.963 bits per heavy atom. The Morgan fingerprint density at radius 3 is 1.59 bits per heavy atom. The summed E-state index contributed by atoms with van der Waals surface area (Å²) in [6, 6.07) is 36.2. The molecule has 0 spiro atoms. The minimum Gasteiger partial charge on any atom is -0.398 e. The molecule has 0 amide bonds. The van der Waals surface area contributed by atoms with Crippen LogP contribution in [0.2, 0.25) is 0 Å². The molecule has 128 valence electrons. The summed E-state index contributed by atoms with van der Waals surface area (Å²) in [5.74, 6) is 0. The molecule has 2 N–H and O–H groups in total. The molecule has 0 radical (unpaired) electrons. The Bertz CT molecular complexity index is 1260. The average Bonchev–Trinajstić information content (AvgIpc) is 2.75. The van der Waals surface area contributed by atoms with Crippen molar-refractivity contribution < 1.29 is 0 Å². The summed E-state index contributed by atoms with van der Waals surface area (Å²) in [6.07, 6.45) is 0. The van der Waals surface area contributed by atoms with Gasteiger partial charge in [0.1, 0.15) is 0 Å². The van der Waals surface area contributed by atoms with E-state index >= 15 is 0 Å². The van der Waals surface area contributed by atoms with E-state index in [2.05, 4.69) is 91.0 Å². The Hall–Kier alpha value is -3.58. The molecule has 0 fully saturated rings. The maximum atomic E-state index is 6.36. The SMILES string of the molecule is Nc1cc2ccc(-c3ccccc3)cc2c2cc(-c3ccccc3)ccc12. The van der Waals surface area contributed by atoms with Crippen LogP contribution in [-0.4, -0.2) is 0 Å². The summed E-state index contributed by atoms with van der Waals surface area (Å²) < 4.78 is 0. The lowest BCUT2D eigenvalue weighted by molar-refractivity contribution is 1.64. The standard InChI is InChI=1S/C26H19N/c27-26-17-22-12-11-20(18-7-3-1-4-8-18)15-24(22)25-16-21(13-14-23(25)26)19-9-5-2-6-10-19/h1-17H,27H2. The number of hydrogen-bond acceptors (Lipinski definition) is 1.